The van der Waals surface area contributed by atoms with E-state index < -0.39 is 24.3 Å². The summed E-state index contributed by atoms with van der Waals surface area (Å²) in [7, 11) is 2.59. The maximum absolute atomic E-state index is 13.7. The summed E-state index contributed by atoms with van der Waals surface area (Å²) in [5, 5.41) is 8.72. The third-order valence-corrected chi connectivity index (χ3v) is 12.1. The third kappa shape index (κ3) is 7.41. The second-order valence-corrected chi connectivity index (χ2v) is 16.7. The molecular weight excluding hydrogens is 763 g/mol. The van der Waals surface area contributed by atoms with Gasteiger partial charge in [0.25, 0.3) is 0 Å². The summed E-state index contributed by atoms with van der Waals surface area (Å²) in [6.45, 7) is 10.9. The number of pyridine rings is 1. The second-order valence-electron chi connectivity index (χ2n) is 16.7. The first kappa shape index (κ1) is 40.4. The number of likely N-dealkylation sites (tertiary alicyclic amines) is 2. The summed E-state index contributed by atoms with van der Waals surface area (Å²) in [5.74, 6) is 0.944. The van der Waals surface area contributed by atoms with Crippen LogP contribution in [0.5, 0.6) is 0 Å². The van der Waals surface area contributed by atoms with E-state index in [1.807, 2.05) is 49.9 Å². The molecule has 4 atom stereocenters. The Morgan fingerprint density at radius 3 is 1.68 bits per heavy atom. The van der Waals surface area contributed by atoms with Gasteiger partial charge in [-0.25, -0.2) is 19.6 Å². The molecule has 0 aliphatic carbocycles. The number of alkyl carbamates (subject to hydrolysis) is 2. The molecule has 60 heavy (non-hydrogen) atoms. The number of carbonyl (C=O) groups is 4. The highest BCUT2D eigenvalue weighted by atomic mass is 16.5. The number of amides is 4. The van der Waals surface area contributed by atoms with Gasteiger partial charge < -0.3 is 44.3 Å². The monoisotopic (exact) mass is 815 g/mol. The number of carbonyl (C=O) groups excluding carboxylic acids is 4. The standard InChI is InChI=1S/C45H53N9O6/c1-24(2)38(50-44(57)59-6)42(55)52-16-8-10-35(52)40-46-22-32(48-40)27-12-14-31-29(19-27)18-26(5)54-34-15-13-28(20-30(34)21-37(31)54)33-23-47-41(49-33)36-11-9-17-53(36)43(56)39(25(3)4)51-45(58)60-7/h12-15,18-25,35-36,38-39H,8-11,16-17H2,1-7H3,(H,46,48)(H,47,49)(H,50,57)(H,51,58)/t35-,36+,38+,39+/m1/s1. The van der Waals surface area contributed by atoms with E-state index in [4.69, 9.17) is 19.4 Å². The van der Waals surface area contributed by atoms with Gasteiger partial charge in [0.15, 0.2) is 0 Å². The molecule has 6 aromatic rings. The van der Waals surface area contributed by atoms with Gasteiger partial charge in [0.05, 0.1) is 61.1 Å². The van der Waals surface area contributed by atoms with Gasteiger partial charge in [0, 0.05) is 40.7 Å². The predicted octanol–water partition coefficient (Wildman–Crippen LogP) is 7.42. The second kappa shape index (κ2) is 16.3. The van der Waals surface area contributed by atoms with Gasteiger partial charge in [-0.3, -0.25) is 9.59 Å². The number of ether oxygens (including phenoxy) is 2. The van der Waals surface area contributed by atoms with Crippen LogP contribution >= 0.6 is 0 Å². The number of aryl methyl sites for hydroxylation is 1. The zero-order valence-corrected chi connectivity index (χ0v) is 35.2. The number of imidazole rings is 2. The minimum Gasteiger partial charge on any atom is -0.453 e. The van der Waals surface area contributed by atoms with Crippen molar-refractivity contribution in [1.29, 1.82) is 0 Å². The zero-order chi connectivity index (χ0) is 42.4. The Bertz CT molecular complexity index is 2610. The smallest absolute Gasteiger partial charge is 0.407 e. The van der Waals surface area contributed by atoms with Crippen molar-refractivity contribution in [2.75, 3.05) is 27.3 Å². The number of benzene rings is 2. The highest BCUT2D eigenvalue weighted by molar-refractivity contribution is 6.04. The quantitative estimate of drug-likeness (QED) is 0.110. The average Bonchev–Trinajstić information content (AvgIpc) is 4.09. The molecule has 4 N–H and O–H groups in total. The van der Waals surface area contributed by atoms with Crippen molar-refractivity contribution in [2.24, 2.45) is 11.8 Å². The van der Waals surface area contributed by atoms with Crippen LogP contribution in [0.1, 0.15) is 82.8 Å². The molecule has 8 rings (SSSR count). The average molecular weight is 816 g/mol. The van der Waals surface area contributed by atoms with Crippen molar-refractivity contribution < 1.29 is 28.7 Å². The molecule has 15 nitrogen and oxygen atoms in total. The number of aromatic nitrogens is 5. The number of methoxy groups -OCH3 is 2. The van der Waals surface area contributed by atoms with Crippen LogP contribution in [0.25, 0.3) is 49.7 Å². The highest BCUT2D eigenvalue weighted by Crippen LogP contribution is 2.37. The number of hydrogen-bond donors (Lipinski definition) is 4. The summed E-state index contributed by atoms with van der Waals surface area (Å²) < 4.78 is 11.9. The van der Waals surface area contributed by atoms with Crippen LogP contribution in [0.2, 0.25) is 0 Å². The molecule has 0 radical (unpaired) electrons. The molecule has 0 saturated carbocycles. The van der Waals surface area contributed by atoms with Gasteiger partial charge in [0.2, 0.25) is 11.8 Å². The normalized spacial score (nSPS) is 17.9. The lowest BCUT2D eigenvalue weighted by molar-refractivity contribution is -0.136. The minimum absolute atomic E-state index is 0.112. The van der Waals surface area contributed by atoms with E-state index in [1.165, 1.54) is 14.2 Å². The van der Waals surface area contributed by atoms with Gasteiger partial charge in [-0.15, -0.1) is 0 Å². The van der Waals surface area contributed by atoms with E-state index in [0.29, 0.717) is 13.1 Å². The van der Waals surface area contributed by atoms with E-state index >= 15 is 0 Å². The van der Waals surface area contributed by atoms with Crippen molar-refractivity contribution in [3.8, 4) is 22.5 Å². The fraction of sp³-hybridized carbons (Fsp3) is 0.422. The molecule has 314 valence electrons. The molecule has 0 bridgehead atoms. The molecule has 0 unspecified atom stereocenters. The van der Waals surface area contributed by atoms with Crippen LogP contribution in [0.4, 0.5) is 9.59 Å². The van der Waals surface area contributed by atoms with Gasteiger partial charge in [-0.2, -0.15) is 0 Å². The molecule has 4 amide bonds. The van der Waals surface area contributed by atoms with Crippen molar-refractivity contribution in [3.63, 3.8) is 0 Å². The van der Waals surface area contributed by atoms with Crippen molar-refractivity contribution in [2.45, 2.75) is 84.5 Å². The Labute approximate surface area is 348 Å². The molecule has 15 heteroatoms. The molecule has 2 fully saturated rings. The van der Waals surface area contributed by atoms with Crippen LogP contribution in [-0.2, 0) is 19.1 Å². The number of rotatable bonds is 10. The number of nitrogens with zero attached hydrogens (tertiary/aromatic N) is 5. The topological polar surface area (TPSA) is 179 Å². The van der Waals surface area contributed by atoms with Crippen LogP contribution < -0.4 is 10.6 Å². The third-order valence-electron chi connectivity index (χ3n) is 12.1. The van der Waals surface area contributed by atoms with E-state index in [2.05, 4.69) is 80.5 Å². The molecule has 2 saturated heterocycles. The zero-order valence-electron chi connectivity index (χ0n) is 35.2. The predicted molar refractivity (Wildman–Crippen MR) is 228 cm³/mol. The van der Waals surface area contributed by atoms with Crippen LogP contribution in [-0.4, -0.2) is 97.5 Å². The number of fused-ring (bicyclic) bond motifs is 5. The summed E-state index contributed by atoms with van der Waals surface area (Å²) in [6.07, 6.45) is 5.65. The van der Waals surface area contributed by atoms with Gasteiger partial charge in [-0.05, 0) is 80.2 Å². The van der Waals surface area contributed by atoms with E-state index in [9.17, 15) is 19.2 Å². The molecule has 6 heterocycles. The first-order valence-corrected chi connectivity index (χ1v) is 20.8. The maximum atomic E-state index is 13.7. The Morgan fingerprint density at radius 1 is 0.683 bits per heavy atom. The first-order chi connectivity index (χ1) is 28.9. The first-order valence-electron chi connectivity index (χ1n) is 20.8. The number of nitrogens with one attached hydrogen (secondary N) is 4. The van der Waals surface area contributed by atoms with Gasteiger partial charge in [-0.1, -0.05) is 45.9 Å². The van der Waals surface area contributed by atoms with Crippen molar-refractivity contribution in [3.05, 3.63) is 78.3 Å². The molecule has 2 aromatic carbocycles. The Hall–Kier alpha value is -6.38. The fourth-order valence-electron chi connectivity index (χ4n) is 9.02. The van der Waals surface area contributed by atoms with Gasteiger partial charge >= 0.3 is 12.2 Å². The molecule has 4 aromatic heterocycles. The van der Waals surface area contributed by atoms with E-state index in [0.717, 1.165) is 92.7 Å². The lowest BCUT2D eigenvalue weighted by Crippen LogP contribution is -2.51. The summed E-state index contributed by atoms with van der Waals surface area (Å²) >= 11 is 0. The summed E-state index contributed by atoms with van der Waals surface area (Å²) in [6, 6.07) is 15.4. The number of aromatic amines is 2. The Kier molecular flexibility index (Phi) is 11.0. The Balaban J connectivity index is 1.04. The number of H-pyrrole nitrogens is 2. The largest absolute Gasteiger partial charge is 0.453 e. The van der Waals surface area contributed by atoms with Gasteiger partial charge in [0.1, 0.15) is 23.7 Å². The Morgan fingerprint density at radius 2 is 1.18 bits per heavy atom. The van der Waals surface area contributed by atoms with Crippen molar-refractivity contribution in [1.82, 2.24) is 44.8 Å². The minimum atomic E-state index is -0.696. The maximum Gasteiger partial charge on any atom is 0.407 e. The summed E-state index contributed by atoms with van der Waals surface area (Å²) in [5.41, 5.74) is 6.99. The summed E-state index contributed by atoms with van der Waals surface area (Å²) in [4.78, 5) is 71.6. The lowest BCUT2D eigenvalue weighted by atomic mass is 10.0. The number of hydrogen-bond acceptors (Lipinski definition) is 8. The molecular formula is C45H53N9O6. The van der Waals surface area contributed by atoms with Crippen LogP contribution in [0.15, 0.2) is 60.9 Å². The van der Waals surface area contributed by atoms with E-state index in [1.54, 1.807) is 0 Å². The van der Waals surface area contributed by atoms with Crippen LogP contribution in [0.3, 0.4) is 0 Å². The molecule has 0 spiro atoms. The highest BCUT2D eigenvalue weighted by Gasteiger charge is 2.39. The molecule has 2 aliphatic rings. The van der Waals surface area contributed by atoms with Crippen molar-refractivity contribution >= 4 is 51.2 Å². The SMILES string of the molecule is COC(=O)N[C@H](C(=O)N1CCC[C@@H]1c1ncc(-c2ccc3c(c2)cc(C)n2c4ccc(-c5cnc([C@@H]6CCCN6C(=O)[C@@H](NC(=O)OC)C(C)C)[nH]5)cc4cc32)[nH]1)C(C)C. The van der Waals surface area contributed by atoms with Crippen LogP contribution in [0, 0.1) is 18.8 Å². The lowest BCUT2D eigenvalue weighted by Gasteiger charge is -2.30. The van der Waals surface area contributed by atoms with E-state index in [-0.39, 0.29) is 35.7 Å². The fourth-order valence-corrected chi connectivity index (χ4v) is 9.02. The molecule has 2 aliphatic heterocycles.